The normalized spacial score (nSPS) is 10.6. The Labute approximate surface area is 144 Å². The van der Waals surface area contributed by atoms with Crippen LogP contribution in [0.2, 0.25) is 0 Å². The van der Waals surface area contributed by atoms with E-state index in [2.05, 4.69) is 15.5 Å². The topological polar surface area (TPSA) is 111 Å². The summed E-state index contributed by atoms with van der Waals surface area (Å²) in [5.41, 5.74) is -0.557. The second-order valence-electron chi connectivity index (χ2n) is 4.96. The van der Waals surface area contributed by atoms with Crippen LogP contribution in [0.4, 0.5) is 15.8 Å². The van der Waals surface area contributed by atoms with E-state index in [0.717, 1.165) is 17.0 Å². The van der Waals surface area contributed by atoms with Gasteiger partial charge in [0.2, 0.25) is 23.4 Å². The number of nitro benzene ring substituents is 1. The van der Waals surface area contributed by atoms with E-state index in [1.807, 2.05) is 17.5 Å². The SMILES string of the molecule is O=C(CCc1nc(-c2cccs2)no1)Nc1ccc(F)c([N+](=O)[O-])c1. The zero-order chi connectivity index (χ0) is 17.8. The standard InChI is InChI=1S/C15H11FN4O4S/c16-10-4-3-9(8-11(10)20(22)23)17-13(21)5-6-14-18-15(19-24-14)12-2-1-7-25-12/h1-4,7-8H,5-6H2,(H,17,21). The summed E-state index contributed by atoms with van der Waals surface area (Å²) in [5.74, 6) is -0.602. The minimum Gasteiger partial charge on any atom is -0.339 e. The molecule has 0 bridgehead atoms. The Kier molecular flexibility index (Phi) is 4.80. The van der Waals surface area contributed by atoms with Gasteiger partial charge in [0.05, 0.1) is 9.80 Å². The second-order valence-corrected chi connectivity index (χ2v) is 5.91. The number of nitro groups is 1. The second kappa shape index (κ2) is 7.18. The summed E-state index contributed by atoms with van der Waals surface area (Å²) in [7, 11) is 0. The van der Waals surface area contributed by atoms with Gasteiger partial charge in [-0.1, -0.05) is 11.2 Å². The number of halogens is 1. The minimum atomic E-state index is -0.963. The Morgan fingerprint density at radius 2 is 2.24 bits per heavy atom. The monoisotopic (exact) mass is 362 g/mol. The molecule has 0 aliphatic carbocycles. The van der Waals surface area contributed by atoms with Crippen molar-refractivity contribution in [2.24, 2.45) is 0 Å². The lowest BCUT2D eigenvalue weighted by molar-refractivity contribution is -0.387. The number of hydrogen-bond acceptors (Lipinski definition) is 7. The maximum atomic E-state index is 13.3. The zero-order valence-electron chi connectivity index (χ0n) is 12.6. The lowest BCUT2D eigenvalue weighted by Crippen LogP contribution is -2.12. The number of carbonyl (C=O) groups excluding carboxylic acids is 1. The van der Waals surface area contributed by atoms with Gasteiger partial charge in [0.1, 0.15) is 0 Å². The summed E-state index contributed by atoms with van der Waals surface area (Å²) in [4.78, 5) is 26.8. The molecular formula is C15H11FN4O4S. The molecule has 0 saturated carbocycles. The first-order valence-corrected chi connectivity index (χ1v) is 8.01. The van der Waals surface area contributed by atoms with Crippen LogP contribution in [0.25, 0.3) is 10.7 Å². The van der Waals surface area contributed by atoms with Crippen LogP contribution in [0.5, 0.6) is 0 Å². The summed E-state index contributed by atoms with van der Waals surface area (Å²) in [5, 5.41) is 18.9. The van der Waals surface area contributed by atoms with Crippen molar-refractivity contribution in [1.82, 2.24) is 10.1 Å². The Morgan fingerprint density at radius 3 is 2.96 bits per heavy atom. The van der Waals surface area contributed by atoms with Gasteiger partial charge in [-0.25, -0.2) is 0 Å². The number of aryl methyl sites for hydroxylation is 1. The molecule has 2 heterocycles. The fourth-order valence-electron chi connectivity index (χ4n) is 2.04. The fraction of sp³-hybridized carbons (Fsp3) is 0.133. The molecule has 0 fully saturated rings. The van der Waals surface area contributed by atoms with Crippen LogP contribution >= 0.6 is 11.3 Å². The van der Waals surface area contributed by atoms with Crippen LogP contribution in [0.1, 0.15) is 12.3 Å². The Morgan fingerprint density at radius 1 is 1.40 bits per heavy atom. The van der Waals surface area contributed by atoms with E-state index in [9.17, 15) is 19.3 Å². The van der Waals surface area contributed by atoms with Crippen molar-refractivity contribution in [2.75, 3.05) is 5.32 Å². The van der Waals surface area contributed by atoms with E-state index in [0.29, 0.717) is 11.7 Å². The average molecular weight is 362 g/mol. The molecule has 2 aromatic heterocycles. The van der Waals surface area contributed by atoms with Crippen molar-refractivity contribution in [1.29, 1.82) is 0 Å². The molecule has 0 saturated heterocycles. The summed E-state index contributed by atoms with van der Waals surface area (Å²) >= 11 is 1.47. The number of carbonyl (C=O) groups is 1. The lowest BCUT2D eigenvalue weighted by Gasteiger charge is -2.04. The van der Waals surface area contributed by atoms with Crippen LogP contribution in [0.15, 0.2) is 40.2 Å². The lowest BCUT2D eigenvalue weighted by atomic mass is 10.2. The summed E-state index contributed by atoms with van der Waals surface area (Å²) < 4.78 is 18.3. The molecule has 0 aliphatic heterocycles. The third-order valence-corrected chi connectivity index (χ3v) is 4.07. The van der Waals surface area contributed by atoms with Gasteiger partial charge in [0.25, 0.3) is 0 Å². The van der Waals surface area contributed by atoms with E-state index in [4.69, 9.17) is 4.52 Å². The van der Waals surface area contributed by atoms with Crippen LogP contribution in [-0.2, 0) is 11.2 Å². The zero-order valence-corrected chi connectivity index (χ0v) is 13.5. The maximum Gasteiger partial charge on any atom is 0.306 e. The highest BCUT2D eigenvalue weighted by Gasteiger charge is 2.16. The predicted octanol–water partition coefficient (Wildman–Crippen LogP) is 3.42. The highest BCUT2D eigenvalue weighted by molar-refractivity contribution is 7.13. The van der Waals surface area contributed by atoms with Crippen LogP contribution in [0.3, 0.4) is 0 Å². The molecule has 0 spiro atoms. The van der Waals surface area contributed by atoms with Gasteiger partial charge < -0.3 is 9.84 Å². The number of hydrogen-bond donors (Lipinski definition) is 1. The molecule has 1 aromatic carbocycles. The number of amides is 1. The first-order chi connectivity index (χ1) is 12.0. The Bertz CT molecular complexity index is 910. The summed E-state index contributed by atoms with van der Waals surface area (Å²) in [6.45, 7) is 0. The third kappa shape index (κ3) is 4.04. The molecular weight excluding hydrogens is 351 g/mol. The van der Waals surface area contributed by atoms with E-state index in [1.54, 1.807) is 0 Å². The van der Waals surface area contributed by atoms with E-state index < -0.39 is 22.3 Å². The van der Waals surface area contributed by atoms with Crippen molar-refractivity contribution in [3.8, 4) is 10.7 Å². The van der Waals surface area contributed by atoms with Gasteiger partial charge >= 0.3 is 5.69 Å². The minimum absolute atomic E-state index is 0.0389. The smallest absolute Gasteiger partial charge is 0.306 e. The molecule has 25 heavy (non-hydrogen) atoms. The van der Waals surface area contributed by atoms with E-state index in [-0.39, 0.29) is 18.5 Å². The largest absolute Gasteiger partial charge is 0.339 e. The number of benzene rings is 1. The van der Waals surface area contributed by atoms with Gasteiger partial charge in [-0.3, -0.25) is 14.9 Å². The summed E-state index contributed by atoms with van der Waals surface area (Å²) in [6.07, 6.45) is 0.255. The van der Waals surface area contributed by atoms with Crippen molar-refractivity contribution in [3.05, 3.63) is 57.5 Å². The van der Waals surface area contributed by atoms with Crippen molar-refractivity contribution in [3.63, 3.8) is 0 Å². The molecule has 128 valence electrons. The molecule has 0 unspecified atom stereocenters. The van der Waals surface area contributed by atoms with Crippen molar-refractivity contribution < 1.29 is 18.6 Å². The van der Waals surface area contributed by atoms with Gasteiger partial charge in [-0.2, -0.15) is 9.37 Å². The first-order valence-electron chi connectivity index (χ1n) is 7.13. The predicted molar refractivity (Wildman–Crippen MR) is 87.6 cm³/mol. The van der Waals surface area contributed by atoms with Crippen LogP contribution in [-0.4, -0.2) is 21.0 Å². The fourth-order valence-corrected chi connectivity index (χ4v) is 2.69. The summed E-state index contributed by atoms with van der Waals surface area (Å²) in [6, 6.07) is 6.87. The number of nitrogens with one attached hydrogen (secondary N) is 1. The van der Waals surface area contributed by atoms with E-state index in [1.165, 1.54) is 17.4 Å². The molecule has 8 nitrogen and oxygen atoms in total. The van der Waals surface area contributed by atoms with Gasteiger partial charge in [-0.05, 0) is 23.6 Å². The number of rotatable bonds is 6. The molecule has 0 radical (unpaired) electrons. The third-order valence-electron chi connectivity index (χ3n) is 3.20. The molecule has 10 heteroatoms. The number of aromatic nitrogens is 2. The molecule has 1 N–H and O–H groups in total. The van der Waals surface area contributed by atoms with Gasteiger partial charge in [0.15, 0.2) is 0 Å². The van der Waals surface area contributed by atoms with E-state index >= 15 is 0 Å². The Balaban J connectivity index is 1.58. The molecule has 0 atom stereocenters. The number of thiophene rings is 1. The van der Waals surface area contributed by atoms with Gasteiger partial charge in [0, 0.05) is 24.6 Å². The average Bonchev–Trinajstić information content (AvgIpc) is 3.25. The molecule has 3 rings (SSSR count). The first kappa shape index (κ1) is 16.7. The number of anilines is 1. The quantitative estimate of drug-likeness (QED) is 0.531. The van der Waals surface area contributed by atoms with Crippen molar-refractivity contribution >= 4 is 28.6 Å². The van der Waals surface area contributed by atoms with Crippen LogP contribution < -0.4 is 5.32 Å². The Hall–Kier alpha value is -3.14. The highest BCUT2D eigenvalue weighted by Crippen LogP contribution is 2.23. The molecule has 3 aromatic rings. The maximum absolute atomic E-state index is 13.3. The van der Waals surface area contributed by atoms with Crippen LogP contribution in [0, 0.1) is 15.9 Å². The number of nitrogens with zero attached hydrogens (tertiary/aromatic N) is 3. The van der Waals surface area contributed by atoms with Crippen molar-refractivity contribution in [2.45, 2.75) is 12.8 Å². The highest BCUT2D eigenvalue weighted by atomic mass is 32.1. The molecule has 1 amide bonds. The van der Waals surface area contributed by atoms with Gasteiger partial charge in [-0.15, -0.1) is 11.3 Å². The molecule has 0 aliphatic rings.